The van der Waals surface area contributed by atoms with Gasteiger partial charge in [0.2, 0.25) is 5.91 Å². The Morgan fingerprint density at radius 3 is 2.76 bits per heavy atom. The fourth-order valence-electron chi connectivity index (χ4n) is 1.49. The van der Waals surface area contributed by atoms with E-state index in [1.807, 2.05) is 44.2 Å². The topological polar surface area (TPSA) is 56.1 Å². The third-order valence-electron chi connectivity index (χ3n) is 2.53. The molecule has 1 amide bonds. The number of nitrogens with one attached hydrogen (secondary N) is 1. The molecule has 0 fully saturated rings. The van der Waals surface area contributed by atoms with Crippen LogP contribution in [0.5, 0.6) is 0 Å². The molecule has 90 valence electrons. The molecule has 4 heteroatoms. The maximum atomic E-state index is 11.7. The van der Waals surface area contributed by atoms with E-state index in [1.54, 1.807) is 4.90 Å². The number of hydrogen-bond acceptors (Lipinski definition) is 3. The Bertz CT molecular complexity index is 423. The van der Waals surface area contributed by atoms with Crippen LogP contribution in [0.2, 0.25) is 0 Å². The number of benzene rings is 1. The lowest BCUT2D eigenvalue weighted by Gasteiger charge is -2.16. The Morgan fingerprint density at radius 2 is 2.18 bits per heavy atom. The first kappa shape index (κ1) is 13.2. The number of amides is 1. The van der Waals surface area contributed by atoms with Crippen molar-refractivity contribution in [2.24, 2.45) is 0 Å². The molecule has 1 N–H and O–H groups in total. The number of carbonyl (C=O) groups excluding carboxylic acids is 1. The number of likely N-dealkylation sites (N-methyl/N-ethyl adjacent to an activating group) is 1. The molecule has 0 spiro atoms. The van der Waals surface area contributed by atoms with Gasteiger partial charge in [0.15, 0.2) is 0 Å². The van der Waals surface area contributed by atoms with E-state index in [2.05, 4.69) is 5.32 Å². The maximum Gasteiger partial charge on any atom is 0.238 e. The molecular weight excluding hydrogens is 214 g/mol. The number of para-hydroxylation sites is 1. The minimum Gasteiger partial charge on any atom is -0.325 e. The van der Waals surface area contributed by atoms with Gasteiger partial charge < -0.3 is 5.32 Å². The smallest absolute Gasteiger partial charge is 0.238 e. The molecule has 0 aliphatic heterocycles. The Labute approximate surface area is 102 Å². The van der Waals surface area contributed by atoms with Crippen molar-refractivity contribution in [3.05, 3.63) is 29.8 Å². The summed E-state index contributed by atoms with van der Waals surface area (Å²) in [5.74, 6) is -0.0867. The Hall–Kier alpha value is -1.86. The number of anilines is 1. The van der Waals surface area contributed by atoms with Crippen molar-refractivity contribution in [2.45, 2.75) is 13.8 Å². The van der Waals surface area contributed by atoms with Crippen LogP contribution in [-0.4, -0.2) is 30.4 Å². The first-order chi connectivity index (χ1) is 8.17. The monoisotopic (exact) mass is 231 g/mol. The van der Waals surface area contributed by atoms with Gasteiger partial charge in [0.25, 0.3) is 0 Å². The van der Waals surface area contributed by atoms with Crippen molar-refractivity contribution in [3.63, 3.8) is 0 Å². The predicted octanol–water partition coefficient (Wildman–Crippen LogP) is 1.78. The first-order valence-electron chi connectivity index (χ1n) is 5.62. The molecule has 0 unspecified atom stereocenters. The number of nitriles is 1. The number of carbonyl (C=O) groups is 1. The second-order valence-corrected chi connectivity index (χ2v) is 3.82. The van der Waals surface area contributed by atoms with Gasteiger partial charge in [0.05, 0.1) is 19.2 Å². The van der Waals surface area contributed by atoms with Crippen molar-refractivity contribution in [3.8, 4) is 6.07 Å². The van der Waals surface area contributed by atoms with Gasteiger partial charge in [-0.25, -0.2) is 0 Å². The molecule has 17 heavy (non-hydrogen) atoms. The number of hydrogen-bond donors (Lipinski definition) is 1. The number of aryl methyl sites for hydroxylation is 1. The summed E-state index contributed by atoms with van der Waals surface area (Å²) in [6.45, 7) is 5.09. The molecule has 0 radical (unpaired) electrons. The molecule has 0 heterocycles. The molecule has 1 aromatic rings. The summed E-state index contributed by atoms with van der Waals surface area (Å²) >= 11 is 0. The molecule has 0 bridgehead atoms. The third kappa shape index (κ3) is 4.25. The minimum absolute atomic E-state index is 0.0867. The van der Waals surface area contributed by atoms with Gasteiger partial charge in [-0.2, -0.15) is 5.26 Å². The van der Waals surface area contributed by atoms with E-state index in [9.17, 15) is 4.79 Å². The van der Waals surface area contributed by atoms with Crippen LogP contribution in [0, 0.1) is 18.3 Å². The van der Waals surface area contributed by atoms with Gasteiger partial charge in [-0.05, 0) is 25.1 Å². The van der Waals surface area contributed by atoms with Crippen molar-refractivity contribution in [1.82, 2.24) is 4.90 Å². The zero-order valence-corrected chi connectivity index (χ0v) is 10.2. The Morgan fingerprint density at radius 1 is 1.47 bits per heavy atom. The third-order valence-corrected chi connectivity index (χ3v) is 2.53. The quantitative estimate of drug-likeness (QED) is 0.786. The zero-order valence-electron chi connectivity index (χ0n) is 10.2. The predicted molar refractivity (Wildman–Crippen MR) is 67.5 cm³/mol. The number of nitrogens with zero attached hydrogens (tertiary/aromatic N) is 2. The summed E-state index contributed by atoms with van der Waals surface area (Å²) in [5.41, 5.74) is 1.86. The Balaban J connectivity index is 2.56. The first-order valence-corrected chi connectivity index (χ1v) is 5.62. The average molecular weight is 231 g/mol. The molecule has 0 saturated heterocycles. The largest absolute Gasteiger partial charge is 0.325 e. The van der Waals surface area contributed by atoms with Gasteiger partial charge >= 0.3 is 0 Å². The van der Waals surface area contributed by atoms with Gasteiger partial charge in [-0.15, -0.1) is 0 Å². The highest BCUT2D eigenvalue weighted by molar-refractivity contribution is 5.92. The highest BCUT2D eigenvalue weighted by Gasteiger charge is 2.09. The van der Waals surface area contributed by atoms with Crippen LogP contribution in [-0.2, 0) is 4.79 Å². The molecular formula is C13H17N3O. The van der Waals surface area contributed by atoms with Gasteiger partial charge in [0, 0.05) is 5.69 Å². The summed E-state index contributed by atoms with van der Waals surface area (Å²) in [5, 5.41) is 11.4. The maximum absolute atomic E-state index is 11.7. The highest BCUT2D eigenvalue weighted by Crippen LogP contribution is 2.12. The summed E-state index contributed by atoms with van der Waals surface area (Å²) in [6, 6.07) is 9.68. The second kappa shape index (κ2) is 6.66. The van der Waals surface area contributed by atoms with Crippen LogP contribution in [0.15, 0.2) is 24.3 Å². The summed E-state index contributed by atoms with van der Waals surface area (Å²) in [4.78, 5) is 13.5. The minimum atomic E-state index is -0.0867. The van der Waals surface area contributed by atoms with Gasteiger partial charge in [-0.1, -0.05) is 25.1 Å². The van der Waals surface area contributed by atoms with Crippen molar-refractivity contribution in [1.29, 1.82) is 5.26 Å². The molecule has 4 nitrogen and oxygen atoms in total. The van der Waals surface area contributed by atoms with Crippen LogP contribution in [0.25, 0.3) is 0 Å². The molecule has 0 aliphatic rings. The molecule has 0 aliphatic carbocycles. The molecule has 1 aromatic carbocycles. The van der Waals surface area contributed by atoms with Gasteiger partial charge in [-0.3, -0.25) is 9.69 Å². The Kier molecular flexibility index (Phi) is 5.18. The number of rotatable bonds is 5. The van der Waals surface area contributed by atoms with Crippen LogP contribution in [0.1, 0.15) is 12.5 Å². The van der Waals surface area contributed by atoms with Crippen molar-refractivity contribution >= 4 is 11.6 Å². The molecule has 1 rings (SSSR count). The van der Waals surface area contributed by atoms with Crippen molar-refractivity contribution < 1.29 is 4.79 Å². The van der Waals surface area contributed by atoms with Crippen LogP contribution < -0.4 is 5.32 Å². The standard InChI is InChI=1S/C13H17N3O/c1-3-16(9-8-14)10-13(17)15-12-7-5-4-6-11(12)2/h4-7H,3,9-10H2,1-2H3,(H,15,17). The lowest BCUT2D eigenvalue weighted by molar-refractivity contribution is -0.117. The van der Waals surface area contributed by atoms with Crippen LogP contribution >= 0.6 is 0 Å². The summed E-state index contributed by atoms with van der Waals surface area (Å²) in [7, 11) is 0. The summed E-state index contributed by atoms with van der Waals surface area (Å²) in [6.07, 6.45) is 0. The average Bonchev–Trinajstić information content (AvgIpc) is 2.31. The van der Waals surface area contributed by atoms with E-state index in [4.69, 9.17) is 5.26 Å². The molecule has 0 atom stereocenters. The molecule has 0 saturated carbocycles. The normalized spacial score (nSPS) is 10.0. The van der Waals surface area contributed by atoms with Crippen LogP contribution in [0.3, 0.4) is 0 Å². The fraction of sp³-hybridized carbons (Fsp3) is 0.385. The van der Waals surface area contributed by atoms with E-state index in [-0.39, 0.29) is 19.0 Å². The molecule has 0 aromatic heterocycles. The SMILES string of the molecule is CCN(CC#N)CC(=O)Nc1ccccc1C. The fourth-order valence-corrected chi connectivity index (χ4v) is 1.49. The van der Waals surface area contributed by atoms with E-state index >= 15 is 0 Å². The van der Waals surface area contributed by atoms with E-state index in [0.29, 0.717) is 6.54 Å². The second-order valence-electron chi connectivity index (χ2n) is 3.82. The van der Waals surface area contributed by atoms with Gasteiger partial charge in [0.1, 0.15) is 0 Å². The summed E-state index contributed by atoms with van der Waals surface area (Å²) < 4.78 is 0. The lowest BCUT2D eigenvalue weighted by Crippen LogP contribution is -2.33. The van der Waals surface area contributed by atoms with E-state index < -0.39 is 0 Å². The zero-order chi connectivity index (χ0) is 12.7. The van der Waals surface area contributed by atoms with Crippen molar-refractivity contribution in [2.75, 3.05) is 25.0 Å². The van der Waals surface area contributed by atoms with Crippen LogP contribution in [0.4, 0.5) is 5.69 Å². The van der Waals surface area contributed by atoms with E-state index in [1.165, 1.54) is 0 Å². The highest BCUT2D eigenvalue weighted by atomic mass is 16.2. The van der Waals surface area contributed by atoms with E-state index in [0.717, 1.165) is 11.3 Å². The lowest BCUT2D eigenvalue weighted by atomic mass is 10.2.